The summed E-state index contributed by atoms with van der Waals surface area (Å²) in [5.74, 6) is 0. The SMILES string of the molecule is CC1(C)c2ccccc2-c2ccc(N(c3ccc(-n4c5ccccc5c5ccccc54)cc3)c3ccc4c(c3)C(c3ccccc3)(c3ccccc3)c3ccccc3-4)cc21.c1ccc(C2(c3ccccc3)c3ccccc3-c3ccc(N(c4ccc(-n5c6ccccc6c6ccccc65)cc4)c4ccc5c(c4)C(c4ccccc4)(c4ccccc4)c4ccccc4-5)cc32)cc1. The molecule has 26 rings (SSSR count). The monoisotopic (exact) mass is 1660 g/mol. The summed E-state index contributed by atoms with van der Waals surface area (Å²) in [6, 6.07) is 185. The lowest BCUT2D eigenvalue weighted by molar-refractivity contribution is 0.660. The first-order valence-electron chi connectivity index (χ1n) is 45.4. The highest BCUT2D eigenvalue weighted by Crippen LogP contribution is 2.62. The van der Waals surface area contributed by atoms with Gasteiger partial charge in [0.05, 0.1) is 38.3 Å². The van der Waals surface area contributed by atoms with E-state index in [1.165, 1.54) is 166 Å². The van der Waals surface area contributed by atoms with Gasteiger partial charge in [-0.3, -0.25) is 0 Å². The number of fused-ring (bicyclic) bond motifs is 18. The zero-order chi connectivity index (χ0) is 86.2. The van der Waals surface area contributed by atoms with E-state index in [4.69, 9.17) is 0 Å². The summed E-state index contributed by atoms with van der Waals surface area (Å²) >= 11 is 0. The summed E-state index contributed by atoms with van der Waals surface area (Å²) in [5, 5.41) is 5.03. The van der Waals surface area contributed by atoms with Crippen molar-refractivity contribution >= 4 is 77.7 Å². The third-order valence-corrected chi connectivity index (χ3v) is 28.8. The minimum Gasteiger partial charge on any atom is -0.310 e. The van der Waals surface area contributed by atoms with Crippen LogP contribution < -0.4 is 9.80 Å². The number of aromatic nitrogens is 2. The van der Waals surface area contributed by atoms with Crippen molar-refractivity contribution in [1.82, 2.24) is 9.13 Å². The van der Waals surface area contributed by atoms with Gasteiger partial charge in [-0.2, -0.15) is 0 Å². The molecule has 4 nitrogen and oxygen atoms in total. The number of benzene rings is 20. The average molecular weight is 1660 g/mol. The van der Waals surface area contributed by atoms with Crippen molar-refractivity contribution in [2.24, 2.45) is 0 Å². The fraction of sp³-hybridized carbons (Fsp3) is 0.0476. The van der Waals surface area contributed by atoms with Gasteiger partial charge in [-0.05, 0) is 244 Å². The van der Waals surface area contributed by atoms with Crippen LogP contribution in [0.25, 0.3) is 99.5 Å². The Labute approximate surface area is 758 Å². The Morgan fingerprint density at radius 3 is 0.638 bits per heavy atom. The van der Waals surface area contributed by atoms with E-state index in [1.54, 1.807) is 0 Å². The van der Waals surface area contributed by atoms with Crippen molar-refractivity contribution in [3.63, 3.8) is 0 Å². The second-order valence-corrected chi connectivity index (χ2v) is 35.6. The number of nitrogens with zero attached hydrogens (tertiary/aromatic N) is 4. The van der Waals surface area contributed by atoms with Crippen LogP contribution >= 0.6 is 0 Å². The summed E-state index contributed by atoms with van der Waals surface area (Å²) < 4.78 is 4.80. The van der Waals surface area contributed by atoms with Crippen molar-refractivity contribution in [3.05, 3.63) is 575 Å². The van der Waals surface area contributed by atoms with E-state index < -0.39 is 16.2 Å². The predicted molar refractivity (Wildman–Crippen MR) is 540 cm³/mol. The van der Waals surface area contributed by atoms with Crippen LogP contribution in [0, 0.1) is 0 Å². The molecule has 130 heavy (non-hydrogen) atoms. The third-order valence-electron chi connectivity index (χ3n) is 28.8. The molecule has 0 saturated carbocycles. The van der Waals surface area contributed by atoms with Crippen molar-refractivity contribution in [2.75, 3.05) is 9.80 Å². The standard InChI is InChI=1S/C68H46N2.C58H42N2/c1-5-21-47(22-6-1)67(48-23-7-2-8-24-48)61-33-17-13-29-55(61)57-43-41-53(45-63(57)67)69(51-37-39-52(40-38-51)70-65-35-19-15-31-59(65)60-32-16-20-36-66(60)70)54-42-44-58-56-30-14-18-34-62(56)68(64(58)46-54,49-25-9-3-10-26-49)50-27-11-4-12-28-50;1-57(2)51-25-13-9-21-45(51)47-35-33-43(37-53(47)57)59(41-29-31-42(32-30-41)60-55-27-15-11-23-49(55)50-24-12-16-28-56(50)60)44-34-36-48-46-22-10-14-26-52(46)58(54(48)38-44,39-17-5-3-6-18-39)40-19-7-4-8-20-40/h1-46H;3-38H,1-2H3. The van der Waals surface area contributed by atoms with Crippen molar-refractivity contribution in [3.8, 4) is 55.9 Å². The van der Waals surface area contributed by atoms with E-state index in [9.17, 15) is 0 Å². The zero-order valence-electron chi connectivity index (χ0n) is 72.1. The second kappa shape index (κ2) is 30.2. The molecule has 0 fully saturated rings. The molecule has 2 heterocycles. The maximum atomic E-state index is 2.49. The molecule has 0 unspecified atom stereocenters. The first-order chi connectivity index (χ1) is 64.3. The van der Waals surface area contributed by atoms with Crippen molar-refractivity contribution < 1.29 is 0 Å². The van der Waals surface area contributed by atoms with Gasteiger partial charge < -0.3 is 18.9 Å². The molecule has 0 N–H and O–H groups in total. The van der Waals surface area contributed by atoms with Crippen LogP contribution in [0.2, 0.25) is 0 Å². The molecule has 22 aromatic rings. The minimum atomic E-state index is -0.550. The highest BCUT2D eigenvalue weighted by Gasteiger charge is 2.50. The molecule has 4 aliphatic carbocycles. The Balaban J connectivity index is 0.000000142. The van der Waals surface area contributed by atoms with Crippen LogP contribution in [-0.2, 0) is 21.7 Å². The molecule has 2 aromatic heterocycles. The van der Waals surface area contributed by atoms with E-state index >= 15 is 0 Å². The van der Waals surface area contributed by atoms with Crippen molar-refractivity contribution in [2.45, 2.75) is 35.5 Å². The number of hydrogen-bond acceptors (Lipinski definition) is 2. The topological polar surface area (TPSA) is 16.3 Å². The fourth-order valence-electron chi connectivity index (χ4n) is 23.3. The summed E-state index contributed by atoms with van der Waals surface area (Å²) in [6.07, 6.45) is 0. The summed E-state index contributed by atoms with van der Waals surface area (Å²) in [4.78, 5) is 4.96. The number of hydrogen-bond donors (Lipinski definition) is 0. The summed E-state index contributed by atoms with van der Waals surface area (Å²) in [7, 11) is 0. The Hall–Kier alpha value is -16.4. The number of rotatable bonds is 14. The van der Waals surface area contributed by atoms with Crippen LogP contribution in [0.1, 0.15) is 91.7 Å². The van der Waals surface area contributed by atoms with Gasteiger partial charge >= 0.3 is 0 Å². The molecule has 4 aliphatic rings. The Morgan fingerprint density at radius 2 is 0.362 bits per heavy atom. The Morgan fingerprint density at radius 1 is 0.162 bits per heavy atom. The maximum Gasteiger partial charge on any atom is 0.0714 e. The van der Waals surface area contributed by atoms with Crippen molar-refractivity contribution in [1.29, 1.82) is 0 Å². The van der Waals surface area contributed by atoms with E-state index in [2.05, 4.69) is 530 Å². The van der Waals surface area contributed by atoms with Gasteiger partial charge in [0.25, 0.3) is 0 Å². The quantitative estimate of drug-likeness (QED) is 0.108. The first kappa shape index (κ1) is 76.1. The predicted octanol–water partition coefficient (Wildman–Crippen LogP) is 31.9. The molecule has 4 heteroatoms. The molecule has 0 atom stereocenters. The summed E-state index contributed by atoms with van der Waals surface area (Å²) in [6.45, 7) is 4.74. The van der Waals surface area contributed by atoms with Crippen LogP contribution in [0.4, 0.5) is 34.1 Å². The molecule has 0 saturated heterocycles. The van der Waals surface area contributed by atoms with Gasteiger partial charge in [0.1, 0.15) is 0 Å². The molecule has 0 amide bonds. The maximum absolute atomic E-state index is 2.49. The molecular formula is C126H88N4. The van der Waals surface area contributed by atoms with Crippen LogP contribution in [0.3, 0.4) is 0 Å². The highest BCUT2D eigenvalue weighted by molar-refractivity contribution is 6.11. The third kappa shape index (κ3) is 11.3. The highest BCUT2D eigenvalue weighted by atomic mass is 15.2. The fourth-order valence-corrected chi connectivity index (χ4v) is 23.3. The van der Waals surface area contributed by atoms with E-state index in [0.29, 0.717) is 0 Å². The number of para-hydroxylation sites is 4. The largest absolute Gasteiger partial charge is 0.310 e. The smallest absolute Gasteiger partial charge is 0.0714 e. The second-order valence-electron chi connectivity index (χ2n) is 35.6. The van der Waals surface area contributed by atoms with Gasteiger partial charge in [-0.15, -0.1) is 0 Å². The normalized spacial score (nSPS) is 13.9. The van der Waals surface area contributed by atoms with Gasteiger partial charge in [0, 0.05) is 72.5 Å². The lowest BCUT2D eigenvalue weighted by Crippen LogP contribution is -2.29. The average Bonchev–Trinajstić information content (AvgIpc) is 1.54. The lowest BCUT2D eigenvalue weighted by atomic mass is 9.67. The lowest BCUT2D eigenvalue weighted by Gasteiger charge is -2.36. The van der Waals surface area contributed by atoms with Crippen LogP contribution in [0.5, 0.6) is 0 Å². The number of anilines is 6. The molecule has 0 radical (unpaired) electrons. The van der Waals surface area contributed by atoms with Crippen LogP contribution in [-0.4, -0.2) is 9.13 Å². The molecule has 0 aliphatic heterocycles. The van der Waals surface area contributed by atoms with E-state index in [0.717, 1.165) is 45.5 Å². The van der Waals surface area contributed by atoms with Gasteiger partial charge in [-0.1, -0.05) is 390 Å². The Bertz CT molecular complexity index is 7760. The first-order valence-corrected chi connectivity index (χ1v) is 45.4. The minimum absolute atomic E-state index is 0.136. The molecule has 0 bridgehead atoms. The van der Waals surface area contributed by atoms with Gasteiger partial charge in [0.2, 0.25) is 0 Å². The molecule has 0 spiro atoms. The Kier molecular flexibility index (Phi) is 17.7. The van der Waals surface area contributed by atoms with Gasteiger partial charge in [0.15, 0.2) is 0 Å². The molecular weight excluding hydrogens is 1570 g/mol. The molecule has 20 aromatic carbocycles. The van der Waals surface area contributed by atoms with E-state index in [-0.39, 0.29) is 5.41 Å². The van der Waals surface area contributed by atoms with Crippen LogP contribution in [0.15, 0.2) is 497 Å². The molecule has 612 valence electrons. The van der Waals surface area contributed by atoms with Gasteiger partial charge in [-0.25, -0.2) is 0 Å². The zero-order valence-corrected chi connectivity index (χ0v) is 72.1. The summed E-state index contributed by atoms with van der Waals surface area (Å²) in [5.41, 5.74) is 40.2. The van der Waals surface area contributed by atoms with E-state index in [1.807, 2.05) is 0 Å².